The van der Waals surface area contributed by atoms with Crippen LogP contribution >= 0.6 is 0 Å². The molecule has 1 heterocycles. The van der Waals surface area contributed by atoms with Crippen molar-refractivity contribution in [3.63, 3.8) is 0 Å². The molecule has 0 N–H and O–H groups in total. The molecule has 1 aromatic heterocycles. The molecule has 8 nitrogen and oxygen atoms in total. The zero-order chi connectivity index (χ0) is 18.1. The molecule has 8 heteroatoms. The van der Waals surface area contributed by atoms with Crippen molar-refractivity contribution in [3.8, 4) is 17.2 Å². The van der Waals surface area contributed by atoms with E-state index in [4.69, 9.17) is 18.9 Å². The summed E-state index contributed by atoms with van der Waals surface area (Å²) >= 11 is 0. The highest BCUT2D eigenvalue weighted by molar-refractivity contribution is 5.40. The van der Waals surface area contributed by atoms with Crippen LogP contribution in [0.25, 0.3) is 0 Å². The minimum absolute atomic E-state index is 0.177. The summed E-state index contributed by atoms with van der Waals surface area (Å²) in [6, 6.07) is 8.62. The van der Waals surface area contributed by atoms with E-state index in [2.05, 4.69) is 4.98 Å². The first-order valence-electron chi connectivity index (χ1n) is 7.68. The smallest absolute Gasteiger partial charge is 0.366 e. The first kappa shape index (κ1) is 18.6. The van der Waals surface area contributed by atoms with Crippen LogP contribution in [0.5, 0.6) is 17.2 Å². The number of benzene rings is 1. The van der Waals surface area contributed by atoms with Gasteiger partial charge in [0.05, 0.1) is 25.4 Å². The molecule has 0 spiro atoms. The van der Waals surface area contributed by atoms with E-state index in [0.29, 0.717) is 49.2 Å². The fraction of sp³-hybridized carbons (Fsp3) is 0.353. The fourth-order valence-corrected chi connectivity index (χ4v) is 1.99. The first-order chi connectivity index (χ1) is 12.1. The third kappa shape index (κ3) is 6.02. The number of aromatic nitrogens is 1. The second kappa shape index (κ2) is 9.55. The van der Waals surface area contributed by atoms with E-state index < -0.39 is 4.92 Å². The molecule has 0 radical (unpaired) electrons. The van der Waals surface area contributed by atoms with E-state index in [1.54, 1.807) is 44.4 Å². The van der Waals surface area contributed by atoms with Crippen molar-refractivity contribution in [2.45, 2.75) is 6.92 Å². The van der Waals surface area contributed by atoms with Crippen LogP contribution in [0, 0.1) is 17.0 Å². The fourth-order valence-electron chi connectivity index (χ4n) is 1.99. The molecule has 0 atom stereocenters. The van der Waals surface area contributed by atoms with Crippen LogP contribution < -0.4 is 9.47 Å². The van der Waals surface area contributed by atoms with E-state index in [-0.39, 0.29) is 5.82 Å². The molecule has 0 aliphatic carbocycles. The van der Waals surface area contributed by atoms with Crippen molar-refractivity contribution in [1.82, 2.24) is 4.98 Å². The highest BCUT2D eigenvalue weighted by Gasteiger charge is 2.13. The Morgan fingerprint density at radius 1 is 1.04 bits per heavy atom. The van der Waals surface area contributed by atoms with Gasteiger partial charge < -0.3 is 29.1 Å². The second-order valence-corrected chi connectivity index (χ2v) is 5.10. The summed E-state index contributed by atoms with van der Waals surface area (Å²) in [7, 11) is 1.62. The second-order valence-electron chi connectivity index (χ2n) is 5.10. The largest absolute Gasteiger partial charge is 0.491 e. The summed E-state index contributed by atoms with van der Waals surface area (Å²) in [5.74, 6) is 1.53. The third-order valence-electron chi connectivity index (χ3n) is 3.19. The molecule has 0 bridgehead atoms. The van der Waals surface area contributed by atoms with Gasteiger partial charge in [-0.2, -0.15) is 0 Å². The maximum atomic E-state index is 10.8. The van der Waals surface area contributed by atoms with Crippen LogP contribution in [0.2, 0.25) is 0 Å². The number of pyridine rings is 1. The number of hydrogen-bond donors (Lipinski definition) is 0. The predicted octanol–water partition coefficient (Wildman–Crippen LogP) is 3.13. The molecule has 0 aliphatic heterocycles. The number of rotatable bonds is 10. The molecule has 0 unspecified atom stereocenters. The molecule has 0 saturated heterocycles. The Kier molecular flexibility index (Phi) is 7.12. The SMILES string of the molecule is COCCOCCOc1ccc(Oc2cnc([N+](=O)[O-])c(C)c2)cc1. The topological polar surface area (TPSA) is 93.0 Å². The van der Waals surface area contributed by atoms with Gasteiger partial charge in [-0.25, -0.2) is 0 Å². The molecule has 25 heavy (non-hydrogen) atoms. The minimum Gasteiger partial charge on any atom is -0.491 e. The predicted molar refractivity (Wildman–Crippen MR) is 90.3 cm³/mol. The maximum absolute atomic E-state index is 10.8. The molecule has 2 rings (SSSR count). The van der Waals surface area contributed by atoms with E-state index in [1.807, 2.05) is 0 Å². The highest BCUT2D eigenvalue weighted by atomic mass is 16.6. The van der Waals surface area contributed by atoms with Gasteiger partial charge >= 0.3 is 5.82 Å². The average molecular weight is 348 g/mol. The normalized spacial score (nSPS) is 10.5. The molecule has 134 valence electrons. The van der Waals surface area contributed by atoms with Crippen LogP contribution in [-0.2, 0) is 9.47 Å². The van der Waals surface area contributed by atoms with Gasteiger partial charge in [-0.3, -0.25) is 0 Å². The number of hydrogen-bond acceptors (Lipinski definition) is 7. The van der Waals surface area contributed by atoms with Crippen molar-refractivity contribution in [2.24, 2.45) is 0 Å². The number of methoxy groups -OCH3 is 1. The standard InChI is InChI=1S/C17H20N2O6/c1-13-11-16(12-18-17(13)19(20)21)25-15-5-3-14(4-6-15)24-10-9-23-8-7-22-2/h3-6,11-12H,7-10H2,1-2H3. The maximum Gasteiger partial charge on any atom is 0.366 e. The van der Waals surface area contributed by atoms with Crippen LogP contribution in [0.1, 0.15) is 5.56 Å². The Bertz CT molecular complexity index is 690. The van der Waals surface area contributed by atoms with E-state index in [0.717, 1.165) is 0 Å². The van der Waals surface area contributed by atoms with Crippen molar-refractivity contribution >= 4 is 5.82 Å². The van der Waals surface area contributed by atoms with Gasteiger partial charge in [0, 0.05) is 7.11 Å². The quantitative estimate of drug-likeness (QED) is 0.370. The number of ether oxygens (including phenoxy) is 4. The summed E-state index contributed by atoms with van der Waals surface area (Å²) in [4.78, 5) is 14.0. The molecule has 1 aromatic carbocycles. The molecule has 0 amide bonds. The Morgan fingerprint density at radius 3 is 2.36 bits per heavy atom. The molecule has 2 aromatic rings. The third-order valence-corrected chi connectivity index (χ3v) is 3.19. The summed E-state index contributed by atoms with van der Waals surface area (Å²) in [6.45, 7) is 3.63. The van der Waals surface area contributed by atoms with Crippen molar-refractivity contribution in [1.29, 1.82) is 0 Å². The van der Waals surface area contributed by atoms with Gasteiger partial charge in [0.15, 0.2) is 11.9 Å². The van der Waals surface area contributed by atoms with Gasteiger partial charge in [0.25, 0.3) is 0 Å². The molecule has 0 fully saturated rings. The van der Waals surface area contributed by atoms with Crippen molar-refractivity contribution in [3.05, 3.63) is 52.2 Å². The van der Waals surface area contributed by atoms with Gasteiger partial charge in [0.2, 0.25) is 0 Å². The lowest BCUT2D eigenvalue weighted by Crippen LogP contribution is -2.09. The average Bonchev–Trinajstić information content (AvgIpc) is 2.59. The van der Waals surface area contributed by atoms with Crippen LogP contribution in [-0.4, -0.2) is 43.4 Å². The lowest BCUT2D eigenvalue weighted by Gasteiger charge is -2.08. The number of nitro groups is 1. The summed E-state index contributed by atoms with van der Waals surface area (Å²) in [6.07, 6.45) is 1.33. The zero-order valence-corrected chi connectivity index (χ0v) is 14.1. The van der Waals surface area contributed by atoms with E-state index >= 15 is 0 Å². The zero-order valence-electron chi connectivity index (χ0n) is 14.1. The number of aryl methyl sites for hydroxylation is 1. The number of nitrogens with zero attached hydrogens (tertiary/aromatic N) is 2. The lowest BCUT2D eigenvalue weighted by molar-refractivity contribution is -0.390. The van der Waals surface area contributed by atoms with E-state index in [1.165, 1.54) is 6.20 Å². The van der Waals surface area contributed by atoms with Gasteiger partial charge in [-0.1, -0.05) is 0 Å². The van der Waals surface area contributed by atoms with Crippen LogP contribution in [0.15, 0.2) is 36.5 Å². The monoisotopic (exact) mass is 348 g/mol. The lowest BCUT2D eigenvalue weighted by atomic mass is 10.3. The van der Waals surface area contributed by atoms with Gasteiger partial charge in [0.1, 0.15) is 18.1 Å². The molecule has 0 saturated carbocycles. The highest BCUT2D eigenvalue weighted by Crippen LogP contribution is 2.26. The van der Waals surface area contributed by atoms with Crippen LogP contribution in [0.4, 0.5) is 5.82 Å². The molecular formula is C17H20N2O6. The van der Waals surface area contributed by atoms with Crippen molar-refractivity contribution in [2.75, 3.05) is 33.5 Å². The van der Waals surface area contributed by atoms with Gasteiger partial charge in [-0.15, -0.1) is 0 Å². The Hall–Kier alpha value is -2.71. The van der Waals surface area contributed by atoms with Crippen LogP contribution in [0.3, 0.4) is 0 Å². The Morgan fingerprint density at radius 2 is 1.72 bits per heavy atom. The van der Waals surface area contributed by atoms with E-state index in [9.17, 15) is 10.1 Å². The first-order valence-corrected chi connectivity index (χ1v) is 7.68. The molecule has 0 aliphatic rings. The Labute approximate surface area is 145 Å². The summed E-state index contributed by atoms with van der Waals surface area (Å²) in [5, 5.41) is 10.8. The molecular weight excluding hydrogens is 328 g/mol. The Balaban J connectivity index is 1.84. The van der Waals surface area contributed by atoms with Crippen molar-refractivity contribution < 1.29 is 23.9 Å². The summed E-state index contributed by atoms with van der Waals surface area (Å²) in [5.41, 5.74) is 0.441. The minimum atomic E-state index is -0.524. The summed E-state index contributed by atoms with van der Waals surface area (Å²) < 4.78 is 21.4. The van der Waals surface area contributed by atoms with Gasteiger partial charge in [-0.05, 0) is 47.2 Å².